The predicted molar refractivity (Wildman–Crippen MR) is 98.1 cm³/mol. The summed E-state index contributed by atoms with van der Waals surface area (Å²) in [5.41, 5.74) is 8.49. The number of nitrogens with zero attached hydrogens (tertiary/aromatic N) is 1. The van der Waals surface area contributed by atoms with Gasteiger partial charge in [-0.05, 0) is 29.3 Å². The molecule has 1 aromatic carbocycles. The lowest BCUT2D eigenvalue weighted by Gasteiger charge is -2.20. The van der Waals surface area contributed by atoms with E-state index in [1.54, 1.807) is 18.3 Å². The van der Waals surface area contributed by atoms with Crippen molar-refractivity contribution in [3.05, 3.63) is 64.9 Å². The van der Waals surface area contributed by atoms with Crippen molar-refractivity contribution in [1.29, 1.82) is 0 Å². The van der Waals surface area contributed by atoms with E-state index in [-0.39, 0.29) is 18.4 Å². The van der Waals surface area contributed by atoms with Crippen molar-refractivity contribution in [2.24, 2.45) is 5.92 Å². The highest BCUT2D eigenvalue weighted by atomic mass is 35.5. The molecule has 5 nitrogen and oxygen atoms in total. The normalized spacial score (nSPS) is 21.2. The summed E-state index contributed by atoms with van der Waals surface area (Å²) in [6.45, 7) is 2.17. The van der Waals surface area contributed by atoms with Crippen molar-refractivity contribution < 1.29 is 5.11 Å². The van der Waals surface area contributed by atoms with Crippen LogP contribution >= 0.6 is 24.0 Å². The molecule has 24 heavy (non-hydrogen) atoms. The Hall–Kier alpha value is -1.21. The zero-order valence-electron chi connectivity index (χ0n) is 13.2. The minimum Gasteiger partial charge on any atom is -0.387 e. The number of pyridine rings is 1. The van der Waals surface area contributed by atoms with Gasteiger partial charge in [0, 0.05) is 43.0 Å². The smallest absolute Gasteiger partial charge is 0.0914 e. The van der Waals surface area contributed by atoms with Crippen LogP contribution in [0.3, 0.4) is 0 Å². The molecule has 1 aliphatic heterocycles. The molecule has 1 fully saturated rings. The van der Waals surface area contributed by atoms with Crippen molar-refractivity contribution in [3.8, 4) is 0 Å². The second-order valence-corrected chi connectivity index (χ2v) is 6.21. The van der Waals surface area contributed by atoms with Gasteiger partial charge in [-0.25, -0.2) is 5.43 Å². The van der Waals surface area contributed by atoms with Crippen LogP contribution in [0.2, 0.25) is 5.02 Å². The highest BCUT2D eigenvalue weighted by molar-refractivity contribution is 6.30. The van der Waals surface area contributed by atoms with Crippen LogP contribution in [-0.4, -0.2) is 29.7 Å². The maximum absolute atomic E-state index is 10.2. The summed E-state index contributed by atoms with van der Waals surface area (Å²) >= 11 is 5.96. The Bertz CT molecular complexity index is 629. The van der Waals surface area contributed by atoms with Crippen molar-refractivity contribution >= 4 is 24.0 Å². The highest BCUT2D eigenvalue weighted by Crippen LogP contribution is 2.23. The summed E-state index contributed by atoms with van der Waals surface area (Å²) in [5.74, 6) is 0.394. The molecule has 4 N–H and O–H groups in total. The Labute approximate surface area is 153 Å². The number of hydrazine groups is 1. The molecule has 1 aliphatic rings. The molecular weight excluding hydrogens is 347 g/mol. The summed E-state index contributed by atoms with van der Waals surface area (Å²) < 4.78 is 0. The fourth-order valence-electron chi connectivity index (χ4n) is 2.88. The molecule has 1 aromatic heterocycles. The molecule has 0 amide bonds. The van der Waals surface area contributed by atoms with Gasteiger partial charge < -0.3 is 10.4 Å². The van der Waals surface area contributed by atoms with Crippen LogP contribution in [0.4, 0.5) is 0 Å². The number of rotatable bonds is 6. The van der Waals surface area contributed by atoms with Crippen LogP contribution in [0.25, 0.3) is 0 Å². The molecule has 0 radical (unpaired) electrons. The summed E-state index contributed by atoms with van der Waals surface area (Å²) in [4.78, 5) is 4.18. The number of halogens is 2. The van der Waals surface area contributed by atoms with Gasteiger partial charge in [-0.1, -0.05) is 29.8 Å². The number of hydrogen-bond acceptors (Lipinski definition) is 5. The highest BCUT2D eigenvalue weighted by Gasteiger charge is 2.28. The molecule has 3 rings (SSSR count). The van der Waals surface area contributed by atoms with Gasteiger partial charge in [-0.3, -0.25) is 10.4 Å². The Balaban J connectivity index is 0.00000208. The largest absolute Gasteiger partial charge is 0.387 e. The summed E-state index contributed by atoms with van der Waals surface area (Å²) in [5, 5.41) is 14.2. The first-order chi connectivity index (χ1) is 11.2. The maximum atomic E-state index is 10.2. The second-order valence-electron chi connectivity index (χ2n) is 5.78. The van der Waals surface area contributed by atoms with E-state index < -0.39 is 6.10 Å². The van der Waals surface area contributed by atoms with Gasteiger partial charge in [0.1, 0.15) is 0 Å². The second kappa shape index (κ2) is 9.32. The van der Waals surface area contributed by atoms with E-state index in [1.807, 2.05) is 24.4 Å². The predicted octanol–water partition coefficient (Wildman–Crippen LogP) is 2.25. The Morgan fingerprint density at radius 2 is 2.21 bits per heavy atom. The van der Waals surface area contributed by atoms with Gasteiger partial charge in [0.2, 0.25) is 0 Å². The van der Waals surface area contributed by atoms with Crippen molar-refractivity contribution in [2.45, 2.75) is 12.1 Å². The molecule has 2 aromatic rings. The quantitative estimate of drug-likeness (QED) is 0.629. The van der Waals surface area contributed by atoms with Gasteiger partial charge in [0.05, 0.1) is 12.1 Å². The van der Waals surface area contributed by atoms with Crippen LogP contribution in [-0.2, 0) is 0 Å². The van der Waals surface area contributed by atoms with Crippen LogP contribution in [0.1, 0.15) is 23.3 Å². The third-order valence-electron chi connectivity index (χ3n) is 4.11. The van der Waals surface area contributed by atoms with Gasteiger partial charge in [0.15, 0.2) is 0 Å². The van der Waals surface area contributed by atoms with Crippen molar-refractivity contribution in [1.82, 2.24) is 21.2 Å². The standard InChI is InChI=1S/C17H21ClN4O.ClH/c18-15-5-1-3-12(7-15)16(23)11-20-9-14-10-21-22-17(14)13-4-2-6-19-8-13;/h1-8,14,16-17,20-23H,9-11H2;1H. The molecule has 130 valence electrons. The molecule has 0 saturated carbocycles. The van der Waals surface area contributed by atoms with Gasteiger partial charge in [-0.15, -0.1) is 12.4 Å². The average Bonchev–Trinajstić information content (AvgIpc) is 3.04. The molecule has 0 aliphatic carbocycles. The van der Waals surface area contributed by atoms with E-state index >= 15 is 0 Å². The molecule has 3 atom stereocenters. The molecule has 0 spiro atoms. The van der Waals surface area contributed by atoms with E-state index in [1.165, 1.54) is 5.56 Å². The van der Waals surface area contributed by atoms with Gasteiger partial charge >= 0.3 is 0 Å². The zero-order valence-corrected chi connectivity index (χ0v) is 14.7. The van der Waals surface area contributed by atoms with Crippen molar-refractivity contribution in [2.75, 3.05) is 19.6 Å². The molecule has 0 bridgehead atoms. The minimum atomic E-state index is -0.562. The lowest BCUT2D eigenvalue weighted by Crippen LogP contribution is -2.31. The first-order valence-electron chi connectivity index (χ1n) is 7.76. The Morgan fingerprint density at radius 1 is 1.33 bits per heavy atom. The van der Waals surface area contributed by atoms with Crippen LogP contribution in [0.5, 0.6) is 0 Å². The third-order valence-corrected chi connectivity index (χ3v) is 4.35. The zero-order chi connectivity index (χ0) is 16.1. The minimum absolute atomic E-state index is 0. The Kier molecular flexibility index (Phi) is 7.42. The fraction of sp³-hybridized carbons (Fsp3) is 0.353. The van der Waals surface area contributed by atoms with Crippen molar-refractivity contribution in [3.63, 3.8) is 0 Å². The first-order valence-corrected chi connectivity index (χ1v) is 8.14. The van der Waals surface area contributed by atoms with Crippen LogP contribution < -0.4 is 16.2 Å². The van der Waals surface area contributed by atoms with Crippen LogP contribution in [0.15, 0.2) is 48.8 Å². The fourth-order valence-corrected chi connectivity index (χ4v) is 3.08. The molecular formula is C17H22Cl2N4O. The molecule has 3 unspecified atom stereocenters. The number of aliphatic hydroxyl groups excluding tert-OH is 1. The van der Waals surface area contributed by atoms with E-state index in [0.29, 0.717) is 17.5 Å². The lowest BCUT2D eigenvalue weighted by atomic mass is 9.96. The topological polar surface area (TPSA) is 69.2 Å². The number of aliphatic hydroxyl groups is 1. The monoisotopic (exact) mass is 368 g/mol. The van der Waals surface area contributed by atoms with E-state index in [4.69, 9.17) is 11.6 Å². The van der Waals surface area contributed by atoms with Gasteiger partial charge in [0.25, 0.3) is 0 Å². The maximum Gasteiger partial charge on any atom is 0.0914 e. The van der Waals surface area contributed by atoms with Gasteiger partial charge in [-0.2, -0.15) is 0 Å². The molecule has 1 saturated heterocycles. The first kappa shape index (κ1) is 19.1. The van der Waals surface area contributed by atoms with Crippen LogP contribution in [0, 0.1) is 5.92 Å². The number of aromatic nitrogens is 1. The molecule has 2 heterocycles. The molecule has 7 heteroatoms. The third kappa shape index (κ3) is 4.89. The summed E-state index contributed by atoms with van der Waals surface area (Å²) in [7, 11) is 0. The number of benzene rings is 1. The summed E-state index contributed by atoms with van der Waals surface area (Å²) in [6, 6.07) is 11.6. The average molecular weight is 369 g/mol. The number of nitrogens with one attached hydrogen (secondary N) is 3. The summed E-state index contributed by atoms with van der Waals surface area (Å²) in [6.07, 6.45) is 3.10. The SMILES string of the molecule is Cl.OC(CNCC1CNNC1c1cccnc1)c1cccc(Cl)c1. The van der Waals surface area contributed by atoms with E-state index in [2.05, 4.69) is 27.2 Å². The Morgan fingerprint density at radius 3 is 2.96 bits per heavy atom. The van der Waals surface area contributed by atoms with E-state index in [9.17, 15) is 5.11 Å². The van der Waals surface area contributed by atoms with E-state index in [0.717, 1.165) is 18.7 Å². The lowest BCUT2D eigenvalue weighted by molar-refractivity contribution is 0.172. The number of hydrogen-bond donors (Lipinski definition) is 4.